The number of rotatable bonds is 5. The van der Waals surface area contributed by atoms with Crippen LogP contribution in [-0.4, -0.2) is 6.54 Å². The third-order valence-electron chi connectivity index (χ3n) is 2.11. The number of unbranched alkanes of at least 4 members (excludes halogenated alkanes) is 2. The Morgan fingerprint density at radius 2 is 2.14 bits per heavy atom. The second kappa shape index (κ2) is 5.91. The van der Waals surface area contributed by atoms with Gasteiger partial charge in [0.1, 0.15) is 0 Å². The fourth-order valence-corrected chi connectivity index (χ4v) is 1.64. The number of halogens is 1. The summed E-state index contributed by atoms with van der Waals surface area (Å²) in [6.45, 7) is 3.20. The van der Waals surface area contributed by atoms with Crippen LogP contribution >= 0.6 is 15.9 Å². The summed E-state index contributed by atoms with van der Waals surface area (Å²) in [5, 5.41) is 3.33. The predicted octanol–water partition coefficient (Wildman–Crippen LogP) is 3.63. The summed E-state index contributed by atoms with van der Waals surface area (Å²) in [5.41, 5.74) is 7.65. The van der Waals surface area contributed by atoms with Gasteiger partial charge in [0, 0.05) is 11.0 Å². The molecule has 0 unspecified atom stereocenters. The number of anilines is 2. The summed E-state index contributed by atoms with van der Waals surface area (Å²) in [5.74, 6) is 0. The number of hydrogen-bond donors (Lipinski definition) is 2. The van der Waals surface area contributed by atoms with Gasteiger partial charge in [0.25, 0.3) is 0 Å². The second-order valence-electron chi connectivity index (χ2n) is 3.37. The van der Waals surface area contributed by atoms with E-state index in [2.05, 4.69) is 28.2 Å². The van der Waals surface area contributed by atoms with E-state index >= 15 is 0 Å². The van der Waals surface area contributed by atoms with E-state index in [1.165, 1.54) is 19.3 Å². The van der Waals surface area contributed by atoms with Gasteiger partial charge < -0.3 is 11.1 Å². The molecule has 0 aliphatic rings. The van der Waals surface area contributed by atoms with Gasteiger partial charge in [-0.25, -0.2) is 0 Å². The average molecular weight is 257 g/mol. The fourth-order valence-electron chi connectivity index (χ4n) is 1.28. The Bertz CT molecular complexity index is 287. The van der Waals surface area contributed by atoms with Crippen molar-refractivity contribution in [1.82, 2.24) is 0 Å². The molecule has 0 aliphatic heterocycles. The van der Waals surface area contributed by atoms with E-state index in [4.69, 9.17) is 5.73 Å². The van der Waals surface area contributed by atoms with Gasteiger partial charge in [-0.3, -0.25) is 0 Å². The molecule has 0 aliphatic carbocycles. The van der Waals surface area contributed by atoms with E-state index in [1.54, 1.807) is 0 Å². The molecule has 0 radical (unpaired) electrons. The smallest absolute Gasteiger partial charge is 0.0585 e. The van der Waals surface area contributed by atoms with Crippen molar-refractivity contribution in [2.75, 3.05) is 17.6 Å². The zero-order valence-corrected chi connectivity index (χ0v) is 10.1. The van der Waals surface area contributed by atoms with Gasteiger partial charge >= 0.3 is 0 Å². The molecule has 0 bridgehead atoms. The number of nitrogen functional groups attached to an aromatic ring is 1. The van der Waals surface area contributed by atoms with E-state index in [0.717, 1.165) is 22.4 Å². The van der Waals surface area contributed by atoms with Crippen LogP contribution in [0.4, 0.5) is 11.4 Å². The zero-order valence-electron chi connectivity index (χ0n) is 8.52. The van der Waals surface area contributed by atoms with Gasteiger partial charge in [-0.05, 0) is 24.6 Å². The van der Waals surface area contributed by atoms with E-state index < -0.39 is 0 Å². The van der Waals surface area contributed by atoms with Crippen LogP contribution < -0.4 is 11.1 Å². The van der Waals surface area contributed by atoms with Crippen molar-refractivity contribution in [1.29, 1.82) is 0 Å². The highest BCUT2D eigenvalue weighted by Crippen LogP contribution is 2.23. The summed E-state index contributed by atoms with van der Waals surface area (Å²) in [6, 6.07) is 5.88. The molecule has 1 aromatic carbocycles. The lowest BCUT2D eigenvalue weighted by molar-refractivity contribution is 0.744. The maximum Gasteiger partial charge on any atom is 0.0585 e. The highest BCUT2D eigenvalue weighted by molar-refractivity contribution is 9.10. The van der Waals surface area contributed by atoms with Gasteiger partial charge in [-0.1, -0.05) is 35.7 Å². The van der Waals surface area contributed by atoms with Crippen LogP contribution in [-0.2, 0) is 0 Å². The topological polar surface area (TPSA) is 38.0 Å². The summed E-state index contributed by atoms with van der Waals surface area (Å²) >= 11 is 3.42. The maximum absolute atomic E-state index is 5.82. The molecule has 0 heterocycles. The van der Waals surface area contributed by atoms with E-state index in [-0.39, 0.29) is 0 Å². The molecule has 0 atom stereocenters. The first kappa shape index (κ1) is 11.4. The van der Waals surface area contributed by atoms with Crippen LogP contribution in [0.5, 0.6) is 0 Å². The van der Waals surface area contributed by atoms with Crippen LogP contribution in [0.3, 0.4) is 0 Å². The van der Waals surface area contributed by atoms with Crippen LogP contribution in [0, 0.1) is 0 Å². The molecule has 14 heavy (non-hydrogen) atoms. The summed E-state index contributed by atoms with van der Waals surface area (Å²) in [6.07, 6.45) is 3.71. The molecule has 78 valence electrons. The molecule has 0 spiro atoms. The predicted molar refractivity (Wildman–Crippen MR) is 66.6 cm³/mol. The third-order valence-corrected chi connectivity index (χ3v) is 2.60. The summed E-state index contributed by atoms with van der Waals surface area (Å²) in [4.78, 5) is 0. The summed E-state index contributed by atoms with van der Waals surface area (Å²) < 4.78 is 1.06. The molecule has 2 nitrogen and oxygen atoms in total. The first-order chi connectivity index (χ1) is 6.74. The molecule has 1 aromatic rings. The Hall–Kier alpha value is -0.700. The van der Waals surface area contributed by atoms with Crippen LogP contribution in [0.1, 0.15) is 26.2 Å². The molecule has 3 heteroatoms. The SMILES string of the molecule is CCCCCNc1cc(Br)ccc1N. The lowest BCUT2D eigenvalue weighted by Gasteiger charge is -2.09. The van der Waals surface area contributed by atoms with Crippen molar-refractivity contribution in [3.63, 3.8) is 0 Å². The van der Waals surface area contributed by atoms with Gasteiger partial charge in [0.15, 0.2) is 0 Å². The van der Waals surface area contributed by atoms with Crippen molar-refractivity contribution >= 4 is 27.3 Å². The second-order valence-corrected chi connectivity index (χ2v) is 4.28. The highest BCUT2D eigenvalue weighted by Gasteiger charge is 1.98. The minimum absolute atomic E-state index is 0.810. The van der Waals surface area contributed by atoms with Gasteiger partial charge in [-0.2, -0.15) is 0 Å². The van der Waals surface area contributed by atoms with Crippen LogP contribution in [0.15, 0.2) is 22.7 Å². The normalized spacial score (nSPS) is 10.1. The molecule has 0 aromatic heterocycles. The van der Waals surface area contributed by atoms with E-state index in [9.17, 15) is 0 Å². The van der Waals surface area contributed by atoms with E-state index in [0.29, 0.717) is 0 Å². The van der Waals surface area contributed by atoms with Crippen LogP contribution in [0.25, 0.3) is 0 Å². The van der Waals surface area contributed by atoms with Crippen molar-refractivity contribution in [3.05, 3.63) is 22.7 Å². The Morgan fingerprint density at radius 1 is 1.36 bits per heavy atom. The molecule has 1 rings (SSSR count). The van der Waals surface area contributed by atoms with Crippen molar-refractivity contribution < 1.29 is 0 Å². The first-order valence-electron chi connectivity index (χ1n) is 5.03. The number of hydrogen-bond acceptors (Lipinski definition) is 2. The highest BCUT2D eigenvalue weighted by atomic mass is 79.9. The molecule has 0 fully saturated rings. The molecule has 0 saturated carbocycles. The Morgan fingerprint density at radius 3 is 2.86 bits per heavy atom. The Kier molecular flexibility index (Phi) is 4.80. The minimum Gasteiger partial charge on any atom is -0.397 e. The van der Waals surface area contributed by atoms with Gasteiger partial charge in [-0.15, -0.1) is 0 Å². The molecule has 0 amide bonds. The molecule has 0 saturated heterocycles. The third kappa shape index (κ3) is 3.58. The van der Waals surface area contributed by atoms with Gasteiger partial charge in [0.05, 0.1) is 11.4 Å². The zero-order chi connectivity index (χ0) is 10.4. The molecular formula is C11H17BrN2. The number of nitrogens with two attached hydrogens (primary N) is 1. The number of benzene rings is 1. The van der Waals surface area contributed by atoms with E-state index in [1.807, 2.05) is 18.2 Å². The summed E-state index contributed by atoms with van der Waals surface area (Å²) in [7, 11) is 0. The van der Waals surface area contributed by atoms with Gasteiger partial charge in [0.2, 0.25) is 0 Å². The Balaban J connectivity index is 2.45. The quantitative estimate of drug-likeness (QED) is 0.624. The lowest BCUT2D eigenvalue weighted by Crippen LogP contribution is -2.03. The standard InChI is InChI=1S/C11H17BrN2/c1-2-3-4-7-14-11-8-9(12)5-6-10(11)13/h5-6,8,14H,2-4,7,13H2,1H3. The molecule has 3 N–H and O–H groups in total. The molecular weight excluding hydrogens is 240 g/mol. The fraction of sp³-hybridized carbons (Fsp3) is 0.455. The lowest BCUT2D eigenvalue weighted by atomic mass is 10.2. The van der Waals surface area contributed by atoms with Crippen molar-refractivity contribution in [2.45, 2.75) is 26.2 Å². The average Bonchev–Trinajstić information content (AvgIpc) is 2.18. The largest absolute Gasteiger partial charge is 0.397 e. The minimum atomic E-state index is 0.810. The first-order valence-corrected chi connectivity index (χ1v) is 5.82. The number of nitrogens with one attached hydrogen (secondary N) is 1. The monoisotopic (exact) mass is 256 g/mol. The van der Waals surface area contributed by atoms with Crippen molar-refractivity contribution in [3.8, 4) is 0 Å². The Labute approximate surface area is 94.0 Å². The maximum atomic E-state index is 5.82. The van der Waals surface area contributed by atoms with Crippen LogP contribution in [0.2, 0.25) is 0 Å². The van der Waals surface area contributed by atoms with Crippen molar-refractivity contribution in [2.24, 2.45) is 0 Å².